The second-order valence-electron chi connectivity index (χ2n) is 5.68. The molecule has 0 aromatic heterocycles. The molecule has 6 heteroatoms. The maximum atomic E-state index is 12.2. The fraction of sp³-hybridized carbons (Fsp3) is 0.529. The molecule has 1 fully saturated rings. The van der Waals surface area contributed by atoms with Gasteiger partial charge in [0, 0.05) is 38.5 Å². The van der Waals surface area contributed by atoms with E-state index in [0.717, 1.165) is 5.75 Å². The molecular formula is C17H25N3O2S. The smallest absolute Gasteiger partial charge is 0.317 e. The van der Waals surface area contributed by atoms with E-state index in [1.807, 2.05) is 11.8 Å². The number of hydrogen-bond donors (Lipinski definition) is 1. The summed E-state index contributed by atoms with van der Waals surface area (Å²) in [5.41, 5.74) is 2.49. The molecule has 0 unspecified atom stereocenters. The molecule has 23 heavy (non-hydrogen) atoms. The molecule has 1 aromatic rings. The number of thioether (sulfide) groups is 1. The molecule has 0 aliphatic carbocycles. The summed E-state index contributed by atoms with van der Waals surface area (Å²) in [5, 5.41) is 2.80. The Balaban J connectivity index is 1.68. The van der Waals surface area contributed by atoms with Crippen LogP contribution in [0.4, 0.5) is 4.79 Å². The molecule has 1 N–H and O–H groups in total. The largest absolute Gasteiger partial charge is 0.338 e. The van der Waals surface area contributed by atoms with Crippen LogP contribution < -0.4 is 5.32 Å². The maximum Gasteiger partial charge on any atom is 0.317 e. The van der Waals surface area contributed by atoms with Crippen LogP contribution in [0.2, 0.25) is 0 Å². The van der Waals surface area contributed by atoms with Crippen molar-refractivity contribution in [2.75, 3.05) is 38.5 Å². The molecule has 1 aliphatic rings. The van der Waals surface area contributed by atoms with E-state index in [1.165, 1.54) is 11.1 Å². The summed E-state index contributed by atoms with van der Waals surface area (Å²) in [6, 6.07) is 8.38. The first-order valence-electron chi connectivity index (χ1n) is 8.04. The van der Waals surface area contributed by atoms with E-state index in [2.05, 4.69) is 36.5 Å². The zero-order chi connectivity index (χ0) is 16.7. The summed E-state index contributed by atoms with van der Waals surface area (Å²) in [7, 11) is 0. The predicted octanol–water partition coefficient (Wildman–Crippen LogP) is 2.10. The molecule has 1 aliphatic heterocycles. The van der Waals surface area contributed by atoms with Gasteiger partial charge in [0.05, 0.1) is 5.75 Å². The van der Waals surface area contributed by atoms with Gasteiger partial charge in [-0.15, -0.1) is 11.8 Å². The Morgan fingerprint density at radius 3 is 2.30 bits per heavy atom. The molecule has 126 valence electrons. The Labute approximate surface area is 142 Å². The Kier molecular flexibility index (Phi) is 6.77. The van der Waals surface area contributed by atoms with Crippen molar-refractivity contribution >= 4 is 23.7 Å². The van der Waals surface area contributed by atoms with Gasteiger partial charge in [-0.2, -0.15) is 0 Å². The van der Waals surface area contributed by atoms with Gasteiger partial charge in [0.2, 0.25) is 5.91 Å². The molecule has 0 bridgehead atoms. The number of benzene rings is 1. The number of carbonyl (C=O) groups excluding carboxylic acids is 2. The van der Waals surface area contributed by atoms with E-state index in [-0.39, 0.29) is 11.9 Å². The predicted molar refractivity (Wildman–Crippen MR) is 94.6 cm³/mol. The Bertz CT molecular complexity index is 525. The molecule has 0 radical (unpaired) electrons. The Hall–Kier alpha value is -1.69. The number of nitrogens with zero attached hydrogens (tertiary/aromatic N) is 2. The van der Waals surface area contributed by atoms with Gasteiger partial charge in [-0.05, 0) is 19.4 Å². The molecule has 1 heterocycles. The number of urea groups is 1. The number of amides is 3. The summed E-state index contributed by atoms with van der Waals surface area (Å²) in [4.78, 5) is 27.6. The molecule has 0 atom stereocenters. The SMILES string of the molecule is CCNC(=O)N1CCN(C(=O)CSCc2ccc(C)cc2)CC1. The maximum absolute atomic E-state index is 12.2. The van der Waals surface area contributed by atoms with E-state index in [0.29, 0.717) is 38.5 Å². The first-order chi connectivity index (χ1) is 11.1. The van der Waals surface area contributed by atoms with Crippen molar-refractivity contribution in [3.63, 3.8) is 0 Å². The van der Waals surface area contributed by atoms with Crippen molar-refractivity contribution in [3.8, 4) is 0 Å². The number of nitrogens with one attached hydrogen (secondary N) is 1. The minimum Gasteiger partial charge on any atom is -0.338 e. The van der Waals surface area contributed by atoms with E-state index in [1.54, 1.807) is 16.7 Å². The fourth-order valence-corrected chi connectivity index (χ4v) is 3.34. The lowest BCUT2D eigenvalue weighted by molar-refractivity contribution is -0.129. The lowest BCUT2D eigenvalue weighted by Gasteiger charge is -2.34. The van der Waals surface area contributed by atoms with Gasteiger partial charge < -0.3 is 15.1 Å². The Morgan fingerprint density at radius 1 is 1.09 bits per heavy atom. The average molecular weight is 335 g/mol. The number of aryl methyl sites for hydroxylation is 1. The standard InChI is InChI=1S/C17H25N3O2S/c1-3-18-17(22)20-10-8-19(9-11-20)16(21)13-23-12-15-6-4-14(2)5-7-15/h4-7H,3,8-13H2,1-2H3,(H,18,22). The van der Waals surface area contributed by atoms with E-state index < -0.39 is 0 Å². The molecule has 2 rings (SSSR count). The highest BCUT2D eigenvalue weighted by Gasteiger charge is 2.23. The third-order valence-corrected chi connectivity index (χ3v) is 4.85. The summed E-state index contributed by atoms with van der Waals surface area (Å²) >= 11 is 1.65. The molecule has 1 aromatic carbocycles. The van der Waals surface area contributed by atoms with E-state index >= 15 is 0 Å². The number of hydrogen-bond acceptors (Lipinski definition) is 3. The van der Waals surface area contributed by atoms with Gasteiger partial charge in [0.1, 0.15) is 0 Å². The van der Waals surface area contributed by atoms with Crippen LogP contribution >= 0.6 is 11.8 Å². The summed E-state index contributed by atoms with van der Waals surface area (Å²) in [5.74, 6) is 1.51. The zero-order valence-electron chi connectivity index (χ0n) is 13.9. The van der Waals surface area contributed by atoms with Crippen molar-refractivity contribution < 1.29 is 9.59 Å². The van der Waals surface area contributed by atoms with Crippen molar-refractivity contribution in [1.29, 1.82) is 0 Å². The van der Waals surface area contributed by atoms with Crippen molar-refractivity contribution in [3.05, 3.63) is 35.4 Å². The average Bonchev–Trinajstić information content (AvgIpc) is 2.57. The van der Waals surface area contributed by atoms with Crippen molar-refractivity contribution in [1.82, 2.24) is 15.1 Å². The van der Waals surface area contributed by atoms with E-state index in [4.69, 9.17) is 0 Å². The molecule has 3 amide bonds. The lowest BCUT2D eigenvalue weighted by atomic mass is 10.2. The zero-order valence-corrected chi connectivity index (χ0v) is 14.7. The lowest BCUT2D eigenvalue weighted by Crippen LogP contribution is -2.53. The highest BCUT2D eigenvalue weighted by molar-refractivity contribution is 7.99. The van der Waals surface area contributed by atoms with Crippen LogP contribution in [0.5, 0.6) is 0 Å². The molecule has 0 saturated carbocycles. The second kappa shape index (κ2) is 8.82. The first-order valence-corrected chi connectivity index (χ1v) is 9.19. The molecular weight excluding hydrogens is 310 g/mol. The summed E-state index contributed by atoms with van der Waals surface area (Å²) in [6.07, 6.45) is 0. The molecule has 0 spiro atoms. The second-order valence-corrected chi connectivity index (χ2v) is 6.67. The van der Waals surface area contributed by atoms with Crippen LogP contribution in [0.15, 0.2) is 24.3 Å². The van der Waals surface area contributed by atoms with Crippen LogP contribution in [0.25, 0.3) is 0 Å². The monoisotopic (exact) mass is 335 g/mol. The minimum atomic E-state index is -0.0339. The normalized spacial score (nSPS) is 14.7. The van der Waals surface area contributed by atoms with Crippen LogP contribution in [0.3, 0.4) is 0 Å². The molecule has 5 nitrogen and oxygen atoms in total. The van der Waals surface area contributed by atoms with Gasteiger partial charge in [-0.25, -0.2) is 4.79 Å². The van der Waals surface area contributed by atoms with Crippen LogP contribution in [0, 0.1) is 6.92 Å². The number of rotatable bonds is 5. The van der Waals surface area contributed by atoms with Gasteiger partial charge in [0.25, 0.3) is 0 Å². The highest BCUT2D eigenvalue weighted by atomic mass is 32.2. The third-order valence-electron chi connectivity index (χ3n) is 3.86. The summed E-state index contributed by atoms with van der Waals surface area (Å²) in [6.45, 7) is 7.08. The van der Waals surface area contributed by atoms with Gasteiger partial charge in [0.15, 0.2) is 0 Å². The summed E-state index contributed by atoms with van der Waals surface area (Å²) < 4.78 is 0. The van der Waals surface area contributed by atoms with Gasteiger partial charge in [-0.1, -0.05) is 29.8 Å². The first kappa shape index (κ1) is 17.7. The van der Waals surface area contributed by atoms with Gasteiger partial charge in [-0.3, -0.25) is 4.79 Å². The van der Waals surface area contributed by atoms with Crippen molar-refractivity contribution in [2.24, 2.45) is 0 Å². The minimum absolute atomic E-state index is 0.0339. The van der Waals surface area contributed by atoms with Gasteiger partial charge >= 0.3 is 6.03 Å². The van der Waals surface area contributed by atoms with Crippen molar-refractivity contribution in [2.45, 2.75) is 19.6 Å². The number of carbonyl (C=O) groups is 2. The third kappa shape index (κ3) is 5.46. The topological polar surface area (TPSA) is 52.7 Å². The fourth-order valence-electron chi connectivity index (χ4n) is 2.45. The van der Waals surface area contributed by atoms with Crippen LogP contribution in [-0.4, -0.2) is 60.2 Å². The quantitative estimate of drug-likeness (QED) is 0.896. The Morgan fingerprint density at radius 2 is 1.70 bits per heavy atom. The number of piperazine rings is 1. The molecule has 1 saturated heterocycles. The highest BCUT2D eigenvalue weighted by Crippen LogP contribution is 2.14. The van der Waals surface area contributed by atoms with E-state index in [9.17, 15) is 9.59 Å². The van der Waals surface area contributed by atoms with Crippen LogP contribution in [-0.2, 0) is 10.5 Å². The van der Waals surface area contributed by atoms with Crippen LogP contribution in [0.1, 0.15) is 18.1 Å².